The average molecular weight is 367 g/mol. The van der Waals surface area contributed by atoms with Crippen LogP contribution < -0.4 is 10.1 Å². The maximum Gasteiger partial charge on any atom is 0.260 e. The number of hydrogen-bond acceptors (Lipinski definition) is 3. The molecule has 0 aliphatic carbocycles. The van der Waals surface area contributed by atoms with Crippen LogP contribution in [0.3, 0.4) is 0 Å². The van der Waals surface area contributed by atoms with Crippen LogP contribution >= 0.6 is 0 Å². The van der Waals surface area contributed by atoms with Crippen molar-refractivity contribution in [1.29, 1.82) is 0 Å². The fourth-order valence-electron chi connectivity index (χ4n) is 3.66. The van der Waals surface area contributed by atoms with Crippen molar-refractivity contribution in [3.8, 4) is 5.75 Å². The highest BCUT2D eigenvalue weighted by Gasteiger charge is 2.22. The normalized spacial score (nSPS) is 14.9. The summed E-state index contributed by atoms with van der Waals surface area (Å²) in [4.78, 5) is 14.5. The Bertz CT molecular complexity index is 709. The van der Waals surface area contributed by atoms with Gasteiger partial charge in [0, 0.05) is 19.5 Å². The molecule has 0 atom stereocenters. The van der Waals surface area contributed by atoms with Gasteiger partial charge in [0.1, 0.15) is 5.75 Å². The van der Waals surface area contributed by atoms with Crippen LogP contribution in [0.5, 0.6) is 5.75 Å². The van der Waals surface area contributed by atoms with Crippen molar-refractivity contribution < 1.29 is 9.53 Å². The molecule has 0 radical (unpaired) electrons. The number of benzene rings is 2. The van der Waals surface area contributed by atoms with Crippen LogP contribution in [0.15, 0.2) is 54.6 Å². The zero-order chi connectivity index (χ0) is 18.9. The maximum absolute atomic E-state index is 12.6. The largest absolute Gasteiger partial charge is 0.483 e. The highest BCUT2D eigenvalue weighted by molar-refractivity contribution is 5.77. The van der Waals surface area contributed by atoms with Gasteiger partial charge in [-0.05, 0) is 56.0 Å². The maximum atomic E-state index is 12.6. The molecular formula is C23H30N2O2. The summed E-state index contributed by atoms with van der Waals surface area (Å²) in [5.74, 6) is 1.63. The predicted octanol–water partition coefficient (Wildman–Crippen LogP) is 3.50. The molecular weight excluding hydrogens is 336 g/mol. The minimum absolute atomic E-state index is 0.0941. The van der Waals surface area contributed by atoms with Crippen LogP contribution in [0, 0.1) is 5.92 Å². The number of para-hydroxylation sites is 1. The van der Waals surface area contributed by atoms with E-state index < -0.39 is 0 Å². The Morgan fingerprint density at radius 1 is 1.07 bits per heavy atom. The van der Waals surface area contributed by atoms with Crippen LogP contribution in [0.4, 0.5) is 0 Å². The van der Waals surface area contributed by atoms with E-state index >= 15 is 0 Å². The van der Waals surface area contributed by atoms with Gasteiger partial charge in [-0.25, -0.2) is 0 Å². The molecule has 0 bridgehead atoms. The summed E-state index contributed by atoms with van der Waals surface area (Å²) < 4.78 is 5.91. The van der Waals surface area contributed by atoms with E-state index in [1.807, 2.05) is 48.3 Å². The molecule has 144 valence electrons. The molecule has 0 spiro atoms. The van der Waals surface area contributed by atoms with Crippen LogP contribution in [0.1, 0.15) is 30.4 Å². The third-order valence-corrected chi connectivity index (χ3v) is 5.33. The summed E-state index contributed by atoms with van der Waals surface area (Å²) >= 11 is 0. The second kappa shape index (κ2) is 10.1. The molecule has 2 aromatic carbocycles. The van der Waals surface area contributed by atoms with E-state index in [0.29, 0.717) is 0 Å². The Morgan fingerprint density at radius 2 is 1.78 bits per heavy atom. The molecule has 1 N–H and O–H groups in total. The highest BCUT2D eigenvalue weighted by Crippen LogP contribution is 2.23. The fraction of sp³-hybridized carbons (Fsp3) is 0.435. The number of piperidine rings is 1. The summed E-state index contributed by atoms with van der Waals surface area (Å²) in [6, 6.07) is 18.3. The molecule has 1 amide bonds. The molecule has 0 saturated carbocycles. The molecule has 0 aromatic heterocycles. The van der Waals surface area contributed by atoms with E-state index in [-0.39, 0.29) is 12.5 Å². The highest BCUT2D eigenvalue weighted by atomic mass is 16.5. The fourth-order valence-corrected chi connectivity index (χ4v) is 3.66. The van der Waals surface area contributed by atoms with Gasteiger partial charge in [-0.1, -0.05) is 48.5 Å². The van der Waals surface area contributed by atoms with Crippen molar-refractivity contribution in [2.75, 3.05) is 33.3 Å². The van der Waals surface area contributed by atoms with Crippen molar-refractivity contribution in [3.63, 3.8) is 0 Å². The summed E-state index contributed by atoms with van der Waals surface area (Å²) in [6.45, 7) is 2.87. The first-order chi connectivity index (χ1) is 13.3. The lowest BCUT2D eigenvalue weighted by molar-refractivity contribution is -0.134. The summed E-state index contributed by atoms with van der Waals surface area (Å²) in [5.41, 5.74) is 2.35. The van der Waals surface area contributed by atoms with Gasteiger partial charge in [-0.15, -0.1) is 0 Å². The molecule has 1 fully saturated rings. The van der Waals surface area contributed by atoms with Gasteiger partial charge in [-0.2, -0.15) is 0 Å². The van der Waals surface area contributed by atoms with E-state index in [9.17, 15) is 4.79 Å². The molecule has 1 saturated heterocycles. The monoisotopic (exact) mass is 366 g/mol. The Morgan fingerprint density at radius 3 is 2.52 bits per heavy atom. The third-order valence-electron chi connectivity index (χ3n) is 5.33. The van der Waals surface area contributed by atoms with Crippen LogP contribution in [-0.2, 0) is 11.2 Å². The van der Waals surface area contributed by atoms with Gasteiger partial charge in [0.2, 0.25) is 0 Å². The van der Waals surface area contributed by atoms with Crippen molar-refractivity contribution in [3.05, 3.63) is 65.7 Å². The lowest BCUT2D eigenvalue weighted by atomic mass is 9.93. The van der Waals surface area contributed by atoms with Gasteiger partial charge in [-0.3, -0.25) is 4.79 Å². The number of rotatable bonds is 8. The zero-order valence-electron chi connectivity index (χ0n) is 16.2. The number of nitrogens with one attached hydrogen (secondary N) is 1. The number of carbonyl (C=O) groups is 1. The van der Waals surface area contributed by atoms with Crippen molar-refractivity contribution in [1.82, 2.24) is 10.2 Å². The summed E-state index contributed by atoms with van der Waals surface area (Å²) in [6.07, 6.45) is 4.19. The summed E-state index contributed by atoms with van der Waals surface area (Å²) in [5, 5.41) is 3.21. The Kier molecular flexibility index (Phi) is 7.28. The first-order valence-electron chi connectivity index (χ1n) is 9.93. The van der Waals surface area contributed by atoms with E-state index in [4.69, 9.17) is 4.74 Å². The third kappa shape index (κ3) is 5.83. The van der Waals surface area contributed by atoms with Gasteiger partial charge >= 0.3 is 0 Å². The lowest BCUT2D eigenvalue weighted by Gasteiger charge is -2.32. The Hall–Kier alpha value is -2.33. The molecule has 1 heterocycles. The van der Waals surface area contributed by atoms with Crippen LogP contribution in [-0.4, -0.2) is 44.1 Å². The molecule has 2 aromatic rings. The second-order valence-corrected chi connectivity index (χ2v) is 7.28. The SMILES string of the molecule is CNCCC1CCN(C(=O)COc2ccccc2Cc2ccccc2)CC1. The number of likely N-dealkylation sites (tertiary alicyclic amines) is 1. The van der Waals surface area contributed by atoms with Crippen molar-refractivity contribution >= 4 is 5.91 Å². The van der Waals surface area contributed by atoms with Gasteiger partial charge < -0.3 is 15.0 Å². The average Bonchev–Trinajstić information content (AvgIpc) is 2.72. The summed E-state index contributed by atoms with van der Waals surface area (Å²) in [7, 11) is 1.99. The number of ether oxygens (including phenoxy) is 1. The molecule has 1 aliphatic heterocycles. The van der Waals surface area contributed by atoms with Crippen LogP contribution in [0.2, 0.25) is 0 Å². The van der Waals surface area contributed by atoms with E-state index in [0.717, 1.165) is 56.1 Å². The number of carbonyl (C=O) groups excluding carboxylic acids is 1. The molecule has 27 heavy (non-hydrogen) atoms. The van der Waals surface area contributed by atoms with Gasteiger partial charge in [0.25, 0.3) is 5.91 Å². The van der Waals surface area contributed by atoms with Crippen LogP contribution in [0.25, 0.3) is 0 Å². The quantitative estimate of drug-likeness (QED) is 0.777. The number of amides is 1. The van der Waals surface area contributed by atoms with Crippen molar-refractivity contribution in [2.45, 2.75) is 25.7 Å². The van der Waals surface area contributed by atoms with Crippen molar-refractivity contribution in [2.24, 2.45) is 5.92 Å². The number of hydrogen-bond donors (Lipinski definition) is 1. The Balaban J connectivity index is 1.51. The molecule has 3 rings (SSSR count). The molecule has 1 aliphatic rings. The first-order valence-corrected chi connectivity index (χ1v) is 9.93. The molecule has 4 nitrogen and oxygen atoms in total. The topological polar surface area (TPSA) is 41.6 Å². The predicted molar refractivity (Wildman–Crippen MR) is 109 cm³/mol. The van der Waals surface area contributed by atoms with E-state index in [1.54, 1.807) is 0 Å². The molecule has 4 heteroatoms. The van der Waals surface area contributed by atoms with E-state index in [2.05, 4.69) is 23.5 Å². The zero-order valence-corrected chi connectivity index (χ0v) is 16.2. The standard InChI is InChI=1S/C23H30N2O2/c1-24-14-11-19-12-15-25(16-13-19)23(26)18-27-22-10-6-5-9-21(22)17-20-7-3-2-4-8-20/h2-10,19,24H,11-18H2,1H3. The molecule has 0 unspecified atom stereocenters. The second-order valence-electron chi connectivity index (χ2n) is 7.28. The van der Waals surface area contributed by atoms with Gasteiger partial charge in [0.15, 0.2) is 6.61 Å². The van der Waals surface area contributed by atoms with Gasteiger partial charge in [0.05, 0.1) is 0 Å². The number of nitrogens with zero attached hydrogens (tertiary/aromatic N) is 1. The minimum Gasteiger partial charge on any atom is -0.483 e. The van der Waals surface area contributed by atoms with E-state index in [1.165, 1.54) is 12.0 Å². The lowest BCUT2D eigenvalue weighted by Crippen LogP contribution is -2.41. The Labute approximate surface area is 162 Å². The minimum atomic E-state index is 0.0941. The first kappa shape index (κ1) is 19.4. The smallest absolute Gasteiger partial charge is 0.260 e.